The van der Waals surface area contributed by atoms with Crippen LogP contribution in [0.2, 0.25) is 0 Å². The number of hydrogen-bond donors (Lipinski definition) is 1. The van der Waals surface area contributed by atoms with Gasteiger partial charge >= 0.3 is 5.97 Å². The molecule has 2 aromatic heterocycles. The predicted molar refractivity (Wildman–Crippen MR) is 95.2 cm³/mol. The zero-order valence-electron chi connectivity index (χ0n) is 14.2. The maximum Gasteiger partial charge on any atom is 0.359 e. The third-order valence-corrected chi connectivity index (χ3v) is 3.84. The second-order valence-corrected chi connectivity index (χ2v) is 5.53. The van der Waals surface area contributed by atoms with Crippen LogP contribution in [0.1, 0.15) is 28.5 Å². The van der Waals surface area contributed by atoms with Gasteiger partial charge in [-0.05, 0) is 30.7 Å². The minimum atomic E-state index is -0.516. The molecule has 5 nitrogen and oxygen atoms in total. The number of ether oxygens (including phenoxy) is 1. The molecule has 0 fully saturated rings. The molecule has 6 heteroatoms. The summed E-state index contributed by atoms with van der Waals surface area (Å²) in [5.74, 6) is 4.62. The molecule has 3 rings (SSSR count). The molecule has 26 heavy (non-hydrogen) atoms. The van der Waals surface area contributed by atoms with Crippen molar-refractivity contribution in [2.75, 3.05) is 13.2 Å². The van der Waals surface area contributed by atoms with Gasteiger partial charge in [-0.1, -0.05) is 24.0 Å². The van der Waals surface area contributed by atoms with Crippen LogP contribution < -0.4 is 0 Å². The highest BCUT2D eigenvalue weighted by molar-refractivity contribution is 6.03. The molecule has 0 saturated carbocycles. The zero-order valence-corrected chi connectivity index (χ0v) is 14.2. The molecule has 0 aliphatic carbocycles. The first-order valence-corrected chi connectivity index (χ1v) is 8.13. The minimum Gasteiger partial charge on any atom is -0.461 e. The lowest BCUT2D eigenvalue weighted by molar-refractivity contribution is 0.0521. The summed E-state index contributed by atoms with van der Waals surface area (Å²) in [5.41, 5.74) is 2.28. The Morgan fingerprint density at radius 2 is 2.08 bits per heavy atom. The average Bonchev–Trinajstić information content (AvgIpc) is 3.06. The van der Waals surface area contributed by atoms with Crippen LogP contribution in [0.15, 0.2) is 42.7 Å². The van der Waals surface area contributed by atoms with Crippen molar-refractivity contribution in [1.82, 2.24) is 9.55 Å². The molecule has 0 unspecified atom stereocenters. The van der Waals surface area contributed by atoms with E-state index in [0.717, 1.165) is 10.9 Å². The van der Waals surface area contributed by atoms with Crippen LogP contribution in [0.5, 0.6) is 0 Å². The van der Waals surface area contributed by atoms with Gasteiger partial charge in [0.25, 0.3) is 0 Å². The molecule has 1 N–H and O–H groups in total. The van der Waals surface area contributed by atoms with E-state index in [1.165, 1.54) is 18.3 Å². The normalized spacial score (nSPS) is 10.4. The number of esters is 1. The van der Waals surface area contributed by atoms with Crippen LogP contribution in [0.25, 0.3) is 10.9 Å². The van der Waals surface area contributed by atoms with Crippen molar-refractivity contribution in [3.8, 4) is 11.8 Å². The summed E-state index contributed by atoms with van der Waals surface area (Å²) >= 11 is 0. The fourth-order valence-electron chi connectivity index (χ4n) is 2.71. The Labute approximate surface area is 150 Å². The van der Waals surface area contributed by atoms with E-state index in [1.54, 1.807) is 19.1 Å². The molecule has 0 spiro atoms. The van der Waals surface area contributed by atoms with E-state index < -0.39 is 5.97 Å². The summed E-state index contributed by atoms with van der Waals surface area (Å²) in [6.07, 6.45) is 3.32. The second kappa shape index (κ2) is 7.81. The quantitative estimate of drug-likeness (QED) is 0.579. The average molecular weight is 352 g/mol. The number of fused-ring (bicyclic) bond motifs is 1. The summed E-state index contributed by atoms with van der Waals surface area (Å²) in [7, 11) is 0. The Balaban J connectivity index is 2.13. The van der Waals surface area contributed by atoms with E-state index >= 15 is 0 Å². The van der Waals surface area contributed by atoms with E-state index in [2.05, 4.69) is 16.8 Å². The number of benzene rings is 1. The molecule has 132 valence electrons. The summed E-state index contributed by atoms with van der Waals surface area (Å²) in [5, 5.41) is 9.67. The molecular weight excluding hydrogens is 335 g/mol. The van der Waals surface area contributed by atoms with Gasteiger partial charge in [0.2, 0.25) is 0 Å². The first-order valence-electron chi connectivity index (χ1n) is 8.13. The van der Waals surface area contributed by atoms with Crippen molar-refractivity contribution < 1.29 is 19.0 Å². The molecule has 0 amide bonds. The van der Waals surface area contributed by atoms with Crippen molar-refractivity contribution in [2.24, 2.45) is 0 Å². The fourth-order valence-corrected chi connectivity index (χ4v) is 2.71. The van der Waals surface area contributed by atoms with Crippen LogP contribution in [-0.2, 0) is 11.3 Å². The maximum atomic E-state index is 13.1. The molecule has 1 aromatic carbocycles. The van der Waals surface area contributed by atoms with E-state index in [1.807, 2.05) is 16.8 Å². The van der Waals surface area contributed by atoms with Crippen molar-refractivity contribution in [3.05, 3.63) is 65.4 Å². The van der Waals surface area contributed by atoms with Crippen molar-refractivity contribution in [1.29, 1.82) is 0 Å². The third-order valence-electron chi connectivity index (χ3n) is 3.84. The van der Waals surface area contributed by atoms with Gasteiger partial charge in [0, 0.05) is 24.3 Å². The van der Waals surface area contributed by atoms with Gasteiger partial charge in [0.1, 0.15) is 12.4 Å². The molecule has 3 aromatic rings. The Morgan fingerprint density at radius 1 is 1.31 bits per heavy atom. The number of nitrogens with zero attached hydrogens (tertiary/aromatic N) is 2. The highest BCUT2D eigenvalue weighted by Crippen LogP contribution is 2.24. The Bertz CT molecular complexity index is 998. The largest absolute Gasteiger partial charge is 0.461 e. The van der Waals surface area contributed by atoms with E-state index in [4.69, 9.17) is 9.84 Å². The summed E-state index contributed by atoms with van der Waals surface area (Å²) < 4.78 is 20.1. The molecule has 0 aliphatic rings. The number of aliphatic hydroxyl groups excluding tert-OH is 1. The van der Waals surface area contributed by atoms with Gasteiger partial charge in [-0.25, -0.2) is 14.2 Å². The number of aliphatic hydroxyl groups is 1. The second-order valence-electron chi connectivity index (χ2n) is 5.53. The Hall–Kier alpha value is -3.17. The third kappa shape index (κ3) is 3.58. The number of carbonyl (C=O) groups is 1. The van der Waals surface area contributed by atoms with E-state index in [0.29, 0.717) is 17.6 Å². The van der Waals surface area contributed by atoms with Gasteiger partial charge in [-0.15, -0.1) is 0 Å². The smallest absolute Gasteiger partial charge is 0.359 e. The number of rotatable bonds is 4. The molecule has 0 aliphatic heterocycles. The first-order chi connectivity index (χ1) is 12.6. The van der Waals surface area contributed by atoms with Gasteiger partial charge in [-0.2, -0.15) is 0 Å². The van der Waals surface area contributed by atoms with Crippen molar-refractivity contribution in [2.45, 2.75) is 13.5 Å². The summed E-state index contributed by atoms with van der Waals surface area (Å²) in [4.78, 5) is 16.5. The van der Waals surface area contributed by atoms with Crippen LogP contribution in [0.3, 0.4) is 0 Å². The molecule has 2 heterocycles. The van der Waals surface area contributed by atoms with E-state index in [-0.39, 0.29) is 24.7 Å². The number of carbonyl (C=O) groups excluding carboxylic acids is 1. The van der Waals surface area contributed by atoms with Crippen molar-refractivity contribution >= 4 is 16.9 Å². The number of pyridine rings is 1. The molecule has 0 atom stereocenters. The highest BCUT2D eigenvalue weighted by Gasteiger charge is 2.18. The van der Waals surface area contributed by atoms with Gasteiger partial charge in [-0.3, -0.25) is 0 Å². The predicted octanol–water partition coefficient (Wildman–Crippen LogP) is 2.74. The van der Waals surface area contributed by atoms with Crippen LogP contribution in [0, 0.1) is 17.7 Å². The summed E-state index contributed by atoms with van der Waals surface area (Å²) in [6.45, 7) is 2.15. The fraction of sp³-hybridized carbons (Fsp3) is 0.200. The van der Waals surface area contributed by atoms with E-state index in [9.17, 15) is 9.18 Å². The molecular formula is C20H17FN2O3. The molecule has 0 saturated heterocycles. The standard InChI is InChI=1S/C20H17FN2O3/c1-2-26-20(25)18-19-17(15(12-22-18)4-3-11-24)9-10-23(19)13-14-5-7-16(21)8-6-14/h5-10,12,24H,2,11,13H2,1H3. The van der Waals surface area contributed by atoms with Crippen LogP contribution >= 0.6 is 0 Å². The number of aromatic nitrogens is 2. The zero-order chi connectivity index (χ0) is 18.5. The Morgan fingerprint density at radius 3 is 2.77 bits per heavy atom. The molecule has 0 radical (unpaired) electrons. The monoisotopic (exact) mass is 352 g/mol. The molecule has 0 bridgehead atoms. The lowest BCUT2D eigenvalue weighted by Crippen LogP contribution is -2.11. The lowest BCUT2D eigenvalue weighted by Gasteiger charge is -2.10. The lowest BCUT2D eigenvalue weighted by atomic mass is 10.1. The van der Waals surface area contributed by atoms with Gasteiger partial charge < -0.3 is 14.4 Å². The maximum absolute atomic E-state index is 13.1. The topological polar surface area (TPSA) is 64.3 Å². The first kappa shape index (κ1) is 17.6. The SMILES string of the molecule is CCOC(=O)c1ncc(C#CCO)c2ccn(Cc3ccc(F)cc3)c12. The van der Waals surface area contributed by atoms with Crippen molar-refractivity contribution in [3.63, 3.8) is 0 Å². The van der Waals surface area contributed by atoms with Gasteiger partial charge in [0.05, 0.1) is 17.7 Å². The highest BCUT2D eigenvalue weighted by atomic mass is 19.1. The Kier molecular flexibility index (Phi) is 5.30. The van der Waals surface area contributed by atoms with Gasteiger partial charge in [0.15, 0.2) is 5.69 Å². The van der Waals surface area contributed by atoms with Crippen LogP contribution in [0.4, 0.5) is 4.39 Å². The number of halogens is 1. The number of hydrogen-bond acceptors (Lipinski definition) is 4. The summed E-state index contributed by atoms with van der Waals surface area (Å²) in [6, 6.07) is 8.00. The van der Waals surface area contributed by atoms with Crippen LogP contribution in [-0.4, -0.2) is 33.8 Å². The minimum absolute atomic E-state index is 0.198.